The van der Waals surface area contributed by atoms with E-state index in [0.29, 0.717) is 10.9 Å². The highest BCUT2D eigenvalue weighted by molar-refractivity contribution is 6.31. The smallest absolute Gasteiger partial charge is 0.408 e. The minimum Gasteiger partial charge on any atom is -0.491 e. The minimum absolute atomic E-state index is 0.0681. The first-order chi connectivity index (χ1) is 16.1. The number of amides is 1. The quantitative estimate of drug-likeness (QED) is 0.529. The van der Waals surface area contributed by atoms with Crippen molar-refractivity contribution in [3.05, 3.63) is 52.5 Å². The van der Waals surface area contributed by atoms with Gasteiger partial charge in [-0.15, -0.1) is 0 Å². The van der Waals surface area contributed by atoms with E-state index in [9.17, 15) is 9.90 Å². The molecule has 3 saturated heterocycles. The molecule has 182 valence electrons. The van der Waals surface area contributed by atoms with Gasteiger partial charge >= 0.3 is 6.09 Å². The Bertz CT molecular complexity index is 1090. The van der Waals surface area contributed by atoms with Gasteiger partial charge in [0.2, 0.25) is 0 Å². The summed E-state index contributed by atoms with van der Waals surface area (Å²) in [4.78, 5) is 16.9. The highest BCUT2D eigenvalue weighted by Gasteiger charge is 2.50. The standard InChI is InChI=1S/C28H35ClN2O3/c1-17(2)34-23-13-20(12-22(29)14-23)19-5-6-24-21(11-19)15-28(3,4)26(24)31(27(32)33)25-16-30-9-7-18(25)8-10-30/h5-6,11-14,17-18,25-26H,7-10,15-16H2,1-4H3,(H,32,33)/t25-,26+/m1/s1. The third kappa shape index (κ3) is 4.29. The first-order valence-electron chi connectivity index (χ1n) is 12.5. The van der Waals surface area contributed by atoms with Crippen molar-refractivity contribution in [3.63, 3.8) is 0 Å². The molecule has 4 aliphatic rings. The monoisotopic (exact) mass is 482 g/mol. The SMILES string of the molecule is CC(C)Oc1cc(Cl)cc(-c2ccc3c(c2)CC(C)(C)[C@H]3N(C(=O)O)[C@@H]2CN3CCC2CC3)c1. The maximum atomic E-state index is 12.7. The van der Waals surface area contributed by atoms with Crippen LogP contribution < -0.4 is 4.74 Å². The number of halogens is 1. The van der Waals surface area contributed by atoms with Crippen LogP contribution in [0.25, 0.3) is 11.1 Å². The number of hydrogen-bond acceptors (Lipinski definition) is 3. The Labute approximate surface area is 207 Å². The van der Waals surface area contributed by atoms with Gasteiger partial charge in [-0.05, 0) is 98.0 Å². The van der Waals surface area contributed by atoms with Crippen LogP contribution in [0.3, 0.4) is 0 Å². The maximum absolute atomic E-state index is 12.7. The zero-order valence-corrected chi connectivity index (χ0v) is 21.3. The van der Waals surface area contributed by atoms with Gasteiger partial charge in [0.05, 0.1) is 18.2 Å². The van der Waals surface area contributed by atoms with E-state index in [1.807, 2.05) is 36.9 Å². The molecule has 2 aromatic carbocycles. The van der Waals surface area contributed by atoms with Gasteiger partial charge in [0.15, 0.2) is 0 Å². The predicted molar refractivity (Wildman–Crippen MR) is 136 cm³/mol. The highest BCUT2D eigenvalue weighted by atomic mass is 35.5. The Balaban J connectivity index is 1.51. The van der Waals surface area contributed by atoms with Crippen LogP contribution in [-0.2, 0) is 6.42 Å². The van der Waals surface area contributed by atoms with Gasteiger partial charge in [-0.25, -0.2) is 4.79 Å². The molecule has 6 heteroatoms. The largest absolute Gasteiger partial charge is 0.491 e. The van der Waals surface area contributed by atoms with Gasteiger partial charge in [-0.1, -0.05) is 43.6 Å². The van der Waals surface area contributed by atoms with Crippen molar-refractivity contribution >= 4 is 17.7 Å². The summed E-state index contributed by atoms with van der Waals surface area (Å²) in [6, 6.07) is 12.2. The summed E-state index contributed by atoms with van der Waals surface area (Å²) < 4.78 is 5.89. The lowest BCUT2D eigenvalue weighted by molar-refractivity contribution is -0.0267. The van der Waals surface area contributed by atoms with Crippen molar-refractivity contribution in [3.8, 4) is 16.9 Å². The van der Waals surface area contributed by atoms with Crippen LogP contribution in [0.2, 0.25) is 5.02 Å². The second-order valence-electron chi connectivity index (χ2n) is 11.2. The van der Waals surface area contributed by atoms with Crippen LogP contribution in [0.1, 0.15) is 57.7 Å². The molecular weight excluding hydrogens is 448 g/mol. The normalized spacial score (nSPS) is 27.0. The first-order valence-corrected chi connectivity index (χ1v) is 12.8. The van der Waals surface area contributed by atoms with Crippen molar-refractivity contribution in [1.82, 2.24) is 9.80 Å². The molecular formula is C28H35ClN2O3. The molecule has 34 heavy (non-hydrogen) atoms. The number of nitrogens with zero attached hydrogens (tertiary/aromatic N) is 2. The molecule has 0 saturated carbocycles. The van der Waals surface area contributed by atoms with Crippen molar-refractivity contribution in [2.45, 2.75) is 65.1 Å². The average Bonchev–Trinajstić information content (AvgIpc) is 3.03. The molecule has 2 aromatic rings. The summed E-state index contributed by atoms with van der Waals surface area (Å²) in [6.07, 6.45) is 2.33. The summed E-state index contributed by atoms with van der Waals surface area (Å²) >= 11 is 6.41. The number of carboxylic acid groups (broad SMARTS) is 1. The molecule has 1 aliphatic carbocycles. The zero-order chi connectivity index (χ0) is 24.2. The fraction of sp³-hybridized carbons (Fsp3) is 0.536. The Morgan fingerprint density at radius 2 is 1.88 bits per heavy atom. The summed E-state index contributed by atoms with van der Waals surface area (Å²) in [5.41, 5.74) is 4.29. The van der Waals surface area contributed by atoms with Gasteiger partial charge in [0, 0.05) is 11.6 Å². The van der Waals surface area contributed by atoms with Crippen LogP contribution >= 0.6 is 11.6 Å². The van der Waals surface area contributed by atoms with Gasteiger partial charge in [0.25, 0.3) is 0 Å². The van der Waals surface area contributed by atoms with E-state index < -0.39 is 6.09 Å². The average molecular weight is 483 g/mol. The molecule has 5 nitrogen and oxygen atoms in total. The van der Waals surface area contributed by atoms with Gasteiger partial charge in [-0.3, -0.25) is 4.90 Å². The Morgan fingerprint density at radius 1 is 1.15 bits per heavy atom. The number of hydrogen-bond donors (Lipinski definition) is 1. The fourth-order valence-corrected chi connectivity index (χ4v) is 6.73. The summed E-state index contributed by atoms with van der Waals surface area (Å²) in [5, 5.41) is 11.1. The second kappa shape index (κ2) is 8.76. The second-order valence-corrected chi connectivity index (χ2v) is 11.7. The number of benzene rings is 2. The summed E-state index contributed by atoms with van der Waals surface area (Å²) in [5.74, 6) is 1.22. The third-order valence-corrected chi connectivity index (χ3v) is 8.10. The molecule has 0 spiro atoms. The number of piperidine rings is 3. The highest BCUT2D eigenvalue weighted by Crippen LogP contribution is 2.51. The van der Waals surface area contributed by atoms with Gasteiger partial charge in [0.1, 0.15) is 5.75 Å². The molecule has 2 atom stereocenters. The molecule has 3 aliphatic heterocycles. The lowest BCUT2D eigenvalue weighted by Gasteiger charge is -2.51. The first kappa shape index (κ1) is 23.5. The lowest BCUT2D eigenvalue weighted by Crippen LogP contribution is -2.60. The van der Waals surface area contributed by atoms with Crippen LogP contribution in [0.4, 0.5) is 4.79 Å². The molecule has 1 N–H and O–H groups in total. The van der Waals surface area contributed by atoms with Crippen molar-refractivity contribution in [2.24, 2.45) is 11.3 Å². The molecule has 6 rings (SSSR count). The van der Waals surface area contributed by atoms with E-state index >= 15 is 0 Å². The van der Waals surface area contributed by atoms with Crippen molar-refractivity contribution < 1.29 is 14.6 Å². The van der Waals surface area contributed by atoms with Crippen molar-refractivity contribution in [1.29, 1.82) is 0 Å². The van der Waals surface area contributed by atoms with Crippen molar-refractivity contribution in [2.75, 3.05) is 19.6 Å². The van der Waals surface area contributed by atoms with Gasteiger partial charge in [-0.2, -0.15) is 0 Å². The number of rotatable bonds is 5. The third-order valence-electron chi connectivity index (χ3n) is 7.88. The molecule has 3 heterocycles. The number of carbonyl (C=O) groups is 1. The molecule has 0 unspecified atom stereocenters. The van der Waals surface area contributed by atoms with Crippen LogP contribution in [0, 0.1) is 11.3 Å². The van der Waals surface area contributed by atoms with E-state index in [4.69, 9.17) is 16.3 Å². The number of fused-ring (bicyclic) bond motifs is 4. The predicted octanol–water partition coefficient (Wildman–Crippen LogP) is 6.49. The fourth-order valence-electron chi connectivity index (χ4n) is 6.50. The van der Waals surface area contributed by atoms with E-state index in [-0.39, 0.29) is 23.6 Å². The molecule has 0 aromatic heterocycles. The Hall–Kier alpha value is -2.24. The van der Waals surface area contributed by atoms with E-state index in [1.165, 1.54) is 5.56 Å². The molecule has 1 amide bonds. The van der Waals surface area contributed by atoms with E-state index in [1.54, 1.807) is 0 Å². The summed E-state index contributed by atoms with van der Waals surface area (Å²) in [6.45, 7) is 11.5. The maximum Gasteiger partial charge on any atom is 0.408 e. The van der Waals surface area contributed by atoms with Crippen LogP contribution in [-0.4, -0.2) is 52.8 Å². The number of ether oxygens (including phenoxy) is 1. The van der Waals surface area contributed by atoms with Gasteiger partial charge < -0.3 is 14.7 Å². The lowest BCUT2D eigenvalue weighted by atomic mass is 9.79. The summed E-state index contributed by atoms with van der Waals surface area (Å²) in [7, 11) is 0. The van der Waals surface area contributed by atoms with E-state index in [2.05, 4.69) is 36.9 Å². The minimum atomic E-state index is -0.793. The molecule has 3 fully saturated rings. The zero-order valence-electron chi connectivity index (χ0n) is 20.6. The van der Waals surface area contributed by atoms with E-state index in [0.717, 1.165) is 61.3 Å². The van der Waals surface area contributed by atoms with Crippen LogP contribution in [0.15, 0.2) is 36.4 Å². The topological polar surface area (TPSA) is 53.0 Å². The Kier molecular flexibility index (Phi) is 6.06. The molecule has 2 bridgehead atoms. The van der Waals surface area contributed by atoms with Crippen LogP contribution in [0.5, 0.6) is 5.75 Å². The molecule has 0 radical (unpaired) electrons. The Morgan fingerprint density at radius 3 is 2.50 bits per heavy atom.